The Morgan fingerprint density at radius 2 is 2.00 bits per heavy atom. The van der Waals surface area contributed by atoms with Crippen molar-refractivity contribution in [3.63, 3.8) is 0 Å². The standard InChI is InChI=1S/C10H10F2N4O2/c11-9(12)17-7-3-1-6(2-4-7)14-10-16-15-8(5-13)18-10/h1-4,9H,5,13H2,(H,14,16). The van der Waals surface area contributed by atoms with Crippen molar-refractivity contribution in [1.29, 1.82) is 0 Å². The molecule has 1 heterocycles. The molecule has 2 aromatic rings. The van der Waals surface area contributed by atoms with Gasteiger partial charge in [-0.15, -0.1) is 5.10 Å². The number of nitrogens with zero attached hydrogens (tertiary/aromatic N) is 2. The summed E-state index contributed by atoms with van der Waals surface area (Å²) in [7, 11) is 0. The van der Waals surface area contributed by atoms with Crippen LogP contribution in [0.4, 0.5) is 20.5 Å². The number of nitrogens with one attached hydrogen (secondary N) is 1. The molecule has 96 valence electrons. The van der Waals surface area contributed by atoms with Gasteiger partial charge in [-0.05, 0) is 24.3 Å². The van der Waals surface area contributed by atoms with Crippen LogP contribution in [0.2, 0.25) is 0 Å². The van der Waals surface area contributed by atoms with E-state index in [2.05, 4.69) is 20.3 Å². The van der Waals surface area contributed by atoms with E-state index in [9.17, 15) is 8.78 Å². The number of benzene rings is 1. The third-order valence-electron chi connectivity index (χ3n) is 1.97. The van der Waals surface area contributed by atoms with Gasteiger partial charge >= 0.3 is 12.6 Å². The molecule has 0 aliphatic heterocycles. The maximum absolute atomic E-state index is 11.9. The molecular formula is C10H10F2N4O2. The van der Waals surface area contributed by atoms with Crippen LogP contribution in [0.1, 0.15) is 5.89 Å². The third kappa shape index (κ3) is 3.14. The molecule has 0 amide bonds. The fourth-order valence-electron chi connectivity index (χ4n) is 1.23. The molecule has 3 N–H and O–H groups in total. The Morgan fingerprint density at radius 1 is 1.28 bits per heavy atom. The minimum Gasteiger partial charge on any atom is -0.435 e. The van der Waals surface area contributed by atoms with Gasteiger partial charge < -0.3 is 20.2 Å². The molecule has 0 aliphatic carbocycles. The van der Waals surface area contributed by atoms with Crippen molar-refractivity contribution in [2.75, 3.05) is 5.32 Å². The topological polar surface area (TPSA) is 86.2 Å². The average Bonchev–Trinajstić information content (AvgIpc) is 2.79. The first kappa shape index (κ1) is 12.2. The van der Waals surface area contributed by atoms with Gasteiger partial charge in [-0.3, -0.25) is 0 Å². The summed E-state index contributed by atoms with van der Waals surface area (Å²) in [5.74, 6) is 0.374. The van der Waals surface area contributed by atoms with E-state index in [1.165, 1.54) is 12.1 Å². The molecule has 0 radical (unpaired) electrons. The molecule has 0 atom stereocenters. The molecule has 0 aliphatic rings. The van der Waals surface area contributed by atoms with Crippen LogP contribution in [0.25, 0.3) is 0 Å². The summed E-state index contributed by atoms with van der Waals surface area (Å²) in [5, 5.41) is 10.2. The van der Waals surface area contributed by atoms with E-state index < -0.39 is 6.61 Å². The second kappa shape index (κ2) is 5.41. The monoisotopic (exact) mass is 256 g/mol. The predicted octanol–water partition coefficient (Wildman–Crippen LogP) is 1.87. The highest BCUT2D eigenvalue weighted by atomic mass is 19.3. The number of anilines is 2. The zero-order valence-electron chi connectivity index (χ0n) is 9.14. The maximum Gasteiger partial charge on any atom is 0.387 e. The lowest BCUT2D eigenvalue weighted by atomic mass is 10.3. The Labute approximate surface area is 101 Å². The van der Waals surface area contributed by atoms with Gasteiger partial charge in [0, 0.05) is 5.69 Å². The lowest BCUT2D eigenvalue weighted by Gasteiger charge is -2.05. The van der Waals surface area contributed by atoms with Crippen LogP contribution in [0.5, 0.6) is 5.75 Å². The second-order valence-corrected chi connectivity index (χ2v) is 3.23. The van der Waals surface area contributed by atoms with Crippen LogP contribution in [0.15, 0.2) is 28.7 Å². The van der Waals surface area contributed by atoms with Crippen LogP contribution in [0.3, 0.4) is 0 Å². The smallest absolute Gasteiger partial charge is 0.387 e. The van der Waals surface area contributed by atoms with Crippen molar-refractivity contribution in [1.82, 2.24) is 10.2 Å². The van der Waals surface area contributed by atoms with Crippen LogP contribution < -0.4 is 15.8 Å². The van der Waals surface area contributed by atoms with E-state index in [0.29, 0.717) is 11.6 Å². The average molecular weight is 256 g/mol. The Morgan fingerprint density at radius 3 is 2.56 bits per heavy atom. The van der Waals surface area contributed by atoms with Crippen LogP contribution in [0, 0.1) is 0 Å². The molecule has 6 nitrogen and oxygen atoms in total. The number of halogens is 2. The van der Waals surface area contributed by atoms with E-state index in [4.69, 9.17) is 10.2 Å². The number of aromatic nitrogens is 2. The SMILES string of the molecule is NCc1nnc(Nc2ccc(OC(F)F)cc2)o1. The summed E-state index contributed by atoms with van der Waals surface area (Å²) >= 11 is 0. The van der Waals surface area contributed by atoms with Crippen molar-refractivity contribution >= 4 is 11.7 Å². The van der Waals surface area contributed by atoms with Crippen molar-refractivity contribution in [2.45, 2.75) is 13.2 Å². The Kier molecular flexibility index (Phi) is 3.68. The van der Waals surface area contributed by atoms with Crippen LogP contribution in [-0.4, -0.2) is 16.8 Å². The molecule has 0 saturated carbocycles. The Hall–Kier alpha value is -2.22. The highest BCUT2D eigenvalue weighted by molar-refractivity contribution is 5.53. The molecule has 0 fully saturated rings. The zero-order valence-corrected chi connectivity index (χ0v) is 9.14. The lowest BCUT2D eigenvalue weighted by molar-refractivity contribution is -0.0498. The molecule has 8 heteroatoms. The third-order valence-corrected chi connectivity index (χ3v) is 1.97. The molecule has 1 aromatic carbocycles. The van der Waals surface area contributed by atoms with E-state index in [1.54, 1.807) is 12.1 Å². The zero-order chi connectivity index (χ0) is 13.0. The van der Waals surface area contributed by atoms with E-state index in [-0.39, 0.29) is 18.3 Å². The van der Waals surface area contributed by atoms with Gasteiger partial charge in [-0.2, -0.15) is 8.78 Å². The Bertz CT molecular complexity index is 501. The number of hydrogen-bond donors (Lipinski definition) is 2. The number of nitrogens with two attached hydrogens (primary N) is 1. The quantitative estimate of drug-likeness (QED) is 0.849. The number of hydrogen-bond acceptors (Lipinski definition) is 6. The summed E-state index contributed by atoms with van der Waals surface area (Å²) < 4.78 is 33.2. The highest BCUT2D eigenvalue weighted by Crippen LogP contribution is 2.20. The van der Waals surface area contributed by atoms with Gasteiger partial charge in [0.25, 0.3) is 0 Å². The fourth-order valence-corrected chi connectivity index (χ4v) is 1.23. The highest BCUT2D eigenvalue weighted by Gasteiger charge is 2.06. The largest absolute Gasteiger partial charge is 0.435 e. The predicted molar refractivity (Wildman–Crippen MR) is 58.5 cm³/mol. The van der Waals surface area contributed by atoms with Gasteiger partial charge in [0.15, 0.2) is 0 Å². The maximum atomic E-state index is 11.9. The summed E-state index contributed by atoms with van der Waals surface area (Å²) in [6, 6.07) is 6.07. The number of rotatable bonds is 5. The first-order chi connectivity index (χ1) is 8.67. The molecule has 0 spiro atoms. The minimum absolute atomic E-state index is 0.0729. The van der Waals surface area contributed by atoms with Crippen LogP contribution in [-0.2, 0) is 6.54 Å². The van der Waals surface area contributed by atoms with E-state index >= 15 is 0 Å². The fraction of sp³-hybridized carbons (Fsp3) is 0.200. The van der Waals surface area contributed by atoms with Crippen molar-refractivity contribution in [3.8, 4) is 5.75 Å². The summed E-state index contributed by atoms with van der Waals surface area (Å²) in [4.78, 5) is 0. The molecule has 2 rings (SSSR count). The van der Waals surface area contributed by atoms with Crippen molar-refractivity contribution in [3.05, 3.63) is 30.2 Å². The molecule has 1 aromatic heterocycles. The molecule has 0 unspecified atom stereocenters. The molecule has 18 heavy (non-hydrogen) atoms. The van der Waals surface area contributed by atoms with E-state index in [0.717, 1.165) is 0 Å². The van der Waals surface area contributed by atoms with Crippen molar-refractivity contribution in [2.24, 2.45) is 5.73 Å². The second-order valence-electron chi connectivity index (χ2n) is 3.23. The van der Waals surface area contributed by atoms with Gasteiger partial charge in [0.2, 0.25) is 5.89 Å². The first-order valence-electron chi connectivity index (χ1n) is 5.01. The minimum atomic E-state index is -2.84. The molecule has 0 saturated heterocycles. The normalized spacial score (nSPS) is 10.7. The van der Waals surface area contributed by atoms with Gasteiger partial charge in [0.1, 0.15) is 5.75 Å². The summed E-state index contributed by atoms with van der Waals surface area (Å²) in [6.45, 7) is -2.69. The summed E-state index contributed by atoms with van der Waals surface area (Å²) in [5.41, 5.74) is 5.91. The number of alkyl halides is 2. The van der Waals surface area contributed by atoms with Gasteiger partial charge in [-0.25, -0.2) is 0 Å². The molecular weight excluding hydrogens is 246 g/mol. The van der Waals surface area contributed by atoms with E-state index in [1.807, 2.05) is 0 Å². The summed E-state index contributed by atoms with van der Waals surface area (Å²) in [6.07, 6.45) is 0. The van der Waals surface area contributed by atoms with Gasteiger partial charge in [0.05, 0.1) is 6.54 Å². The number of ether oxygens (including phenoxy) is 1. The van der Waals surface area contributed by atoms with Crippen LogP contribution >= 0.6 is 0 Å². The molecule has 0 bridgehead atoms. The van der Waals surface area contributed by atoms with Gasteiger partial charge in [-0.1, -0.05) is 5.10 Å². The first-order valence-corrected chi connectivity index (χ1v) is 5.01. The lowest BCUT2D eigenvalue weighted by Crippen LogP contribution is -2.01. The van der Waals surface area contributed by atoms with Crippen molar-refractivity contribution < 1.29 is 17.9 Å². The Balaban J connectivity index is 2.01.